The van der Waals surface area contributed by atoms with Gasteiger partial charge in [-0.2, -0.15) is 13.2 Å². The summed E-state index contributed by atoms with van der Waals surface area (Å²) in [5, 5.41) is 10.6. The molecule has 3 aromatic rings. The van der Waals surface area contributed by atoms with Gasteiger partial charge in [0, 0.05) is 48.2 Å². The number of amides is 2. The summed E-state index contributed by atoms with van der Waals surface area (Å²) in [6.07, 6.45) is -1.29. The Morgan fingerprint density at radius 3 is 2.33 bits per heavy atom. The van der Waals surface area contributed by atoms with Crippen LogP contribution in [0.1, 0.15) is 33.6 Å². The highest BCUT2D eigenvalue weighted by Crippen LogP contribution is 2.27. The quantitative estimate of drug-likeness (QED) is 0.194. The van der Waals surface area contributed by atoms with Crippen molar-refractivity contribution >= 4 is 46.7 Å². The van der Waals surface area contributed by atoms with Crippen LogP contribution in [-0.2, 0) is 14.3 Å². The molecule has 43 heavy (non-hydrogen) atoms. The zero-order valence-corrected chi connectivity index (χ0v) is 23.5. The number of anilines is 2. The summed E-state index contributed by atoms with van der Waals surface area (Å²) in [6.45, 7) is 0.992. The van der Waals surface area contributed by atoms with Crippen LogP contribution in [0.25, 0.3) is 0 Å². The Morgan fingerprint density at radius 2 is 1.72 bits per heavy atom. The van der Waals surface area contributed by atoms with E-state index in [9.17, 15) is 27.6 Å². The van der Waals surface area contributed by atoms with Crippen molar-refractivity contribution in [3.63, 3.8) is 0 Å². The molecule has 2 aromatic carbocycles. The van der Waals surface area contributed by atoms with Gasteiger partial charge in [0.25, 0.3) is 11.8 Å². The SMILES string of the molecule is COC(=O)CCCN(C(=O)c1cc(Cl)cc(OCCNc2ccncc2)c1)c1ccccc1C(N)=O.O=C(O)C(F)(F)F. The molecule has 0 aliphatic heterocycles. The highest BCUT2D eigenvalue weighted by Gasteiger charge is 2.38. The molecule has 11 nitrogen and oxygen atoms in total. The van der Waals surface area contributed by atoms with Gasteiger partial charge < -0.3 is 30.5 Å². The Labute approximate surface area is 249 Å². The van der Waals surface area contributed by atoms with Crippen LogP contribution in [0.3, 0.4) is 0 Å². The molecule has 0 radical (unpaired) electrons. The number of pyridine rings is 1. The number of hydrogen-bond donors (Lipinski definition) is 3. The van der Waals surface area contributed by atoms with E-state index in [-0.39, 0.29) is 24.1 Å². The molecule has 15 heteroatoms. The molecule has 2 amide bonds. The molecule has 230 valence electrons. The largest absolute Gasteiger partial charge is 0.492 e. The molecule has 0 saturated carbocycles. The number of carboxylic acids is 1. The number of nitrogens with one attached hydrogen (secondary N) is 1. The third-order valence-corrected chi connectivity index (χ3v) is 5.65. The number of aromatic nitrogens is 1. The van der Waals surface area contributed by atoms with Gasteiger partial charge in [-0.25, -0.2) is 4.79 Å². The Hall–Kier alpha value is -4.85. The van der Waals surface area contributed by atoms with Gasteiger partial charge in [0.15, 0.2) is 0 Å². The minimum atomic E-state index is -5.08. The second kappa shape index (κ2) is 16.6. The van der Waals surface area contributed by atoms with Gasteiger partial charge in [-0.05, 0) is 48.9 Å². The van der Waals surface area contributed by atoms with Crippen LogP contribution in [0.5, 0.6) is 5.75 Å². The summed E-state index contributed by atoms with van der Waals surface area (Å²) in [6, 6.07) is 14.9. The van der Waals surface area contributed by atoms with Crippen LogP contribution in [0, 0.1) is 0 Å². The van der Waals surface area contributed by atoms with E-state index < -0.39 is 29.9 Å². The molecule has 0 atom stereocenters. The van der Waals surface area contributed by atoms with Crippen LogP contribution in [0.4, 0.5) is 24.5 Å². The molecule has 3 rings (SSSR count). The molecule has 0 bridgehead atoms. The van der Waals surface area contributed by atoms with Crippen molar-refractivity contribution in [1.29, 1.82) is 0 Å². The molecule has 0 fully saturated rings. The third-order valence-electron chi connectivity index (χ3n) is 5.44. The molecule has 4 N–H and O–H groups in total. The fraction of sp³-hybridized carbons (Fsp3) is 0.250. The minimum absolute atomic E-state index is 0.105. The van der Waals surface area contributed by atoms with Crippen molar-refractivity contribution in [3.8, 4) is 5.75 Å². The van der Waals surface area contributed by atoms with Crippen molar-refractivity contribution in [2.24, 2.45) is 5.73 Å². The summed E-state index contributed by atoms with van der Waals surface area (Å²) < 4.78 is 42.2. The van der Waals surface area contributed by atoms with Crippen molar-refractivity contribution in [2.45, 2.75) is 19.0 Å². The van der Waals surface area contributed by atoms with Gasteiger partial charge >= 0.3 is 18.1 Å². The summed E-state index contributed by atoms with van der Waals surface area (Å²) in [7, 11) is 1.30. The van der Waals surface area contributed by atoms with Gasteiger partial charge in [-0.15, -0.1) is 0 Å². The lowest BCUT2D eigenvalue weighted by atomic mass is 10.1. The number of halogens is 4. The Kier molecular flexibility index (Phi) is 13.2. The van der Waals surface area contributed by atoms with Gasteiger partial charge in [0.1, 0.15) is 12.4 Å². The zero-order valence-electron chi connectivity index (χ0n) is 22.8. The molecule has 1 aromatic heterocycles. The van der Waals surface area contributed by atoms with Gasteiger partial charge in [-0.3, -0.25) is 19.4 Å². The molecular weight excluding hydrogens is 597 g/mol. The first-order chi connectivity index (χ1) is 20.3. The number of esters is 1. The van der Waals surface area contributed by atoms with E-state index >= 15 is 0 Å². The molecule has 0 unspecified atom stereocenters. The van der Waals surface area contributed by atoms with Gasteiger partial charge in [0.2, 0.25) is 0 Å². The number of nitrogens with two attached hydrogens (primary N) is 1. The number of carboxylic acid groups (broad SMARTS) is 1. The standard InChI is InChI=1S/C26H27ClN4O5.C2HF3O2/c1-35-24(32)7-4-13-31(23-6-3-2-5-22(23)25(28)33)26(34)18-15-19(27)17-21(16-18)36-14-12-30-20-8-10-29-11-9-20;3-2(4,5)1(6)7/h2-3,5-6,8-11,15-17H,4,7,12-14H2,1H3,(H2,28,33)(H,29,30);(H,6,7). The average Bonchev–Trinajstić information content (AvgIpc) is 2.97. The topological polar surface area (TPSA) is 161 Å². The Balaban J connectivity index is 0.000000821. The van der Waals surface area contributed by atoms with E-state index in [1.807, 2.05) is 12.1 Å². The lowest BCUT2D eigenvalue weighted by molar-refractivity contribution is -0.192. The maximum atomic E-state index is 13.6. The van der Waals surface area contributed by atoms with Crippen molar-refractivity contribution in [1.82, 2.24) is 4.98 Å². The van der Waals surface area contributed by atoms with E-state index in [1.54, 1.807) is 48.8 Å². The number of para-hydroxylation sites is 1. The second-order valence-corrected chi connectivity index (χ2v) is 8.94. The second-order valence-electron chi connectivity index (χ2n) is 8.51. The number of nitrogens with zero attached hydrogens (tertiary/aromatic N) is 2. The number of hydrogen-bond acceptors (Lipinski definition) is 8. The fourth-order valence-corrected chi connectivity index (χ4v) is 3.72. The fourth-order valence-electron chi connectivity index (χ4n) is 3.49. The van der Waals surface area contributed by atoms with Crippen molar-refractivity contribution in [3.05, 3.63) is 83.1 Å². The van der Waals surface area contributed by atoms with Crippen LogP contribution >= 0.6 is 11.6 Å². The smallest absolute Gasteiger partial charge is 0.490 e. The van der Waals surface area contributed by atoms with Gasteiger partial charge in [-0.1, -0.05) is 23.7 Å². The summed E-state index contributed by atoms with van der Waals surface area (Å²) in [5.41, 5.74) is 7.24. The first-order valence-electron chi connectivity index (χ1n) is 12.5. The highest BCUT2D eigenvalue weighted by atomic mass is 35.5. The van der Waals surface area contributed by atoms with E-state index in [1.165, 1.54) is 18.1 Å². The lowest BCUT2D eigenvalue weighted by Crippen LogP contribution is -2.34. The van der Waals surface area contributed by atoms with Crippen LogP contribution in [0.15, 0.2) is 67.0 Å². The molecular formula is C28H28ClF3N4O7. The minimum Gasteiger partial charge on any atom is -0.492 e. The first-order valence-corrected chi connectivity index (χ1v) is 12.9. The number of carbonyl (C=O) groups is 4. The molecule has 0 spiro atoms. The summed E-state index contributed by atoms with van der Waals surface area (Å²) in [5.74, 6) is -3.83. The number of methoxy groups -OCH3 is 1. The predicted molar refractivity (Wildman–Crippen MR) is 151 cm³/mol. The predicted octanol–water partition coefficient (Wildman–Crippen LogP) is 4.56. The number of rotatable bonds is 12. The monoisotopic (exact) mass is 624 g/mol. The molecule has 0 aliphatic rings. The Morgan fingerprint density at radius 1 is 1.07 bits per heavy atom. The number of ether oxygens (including phenoxy) is 2. The Bertz CT molecular complexity index is 1410. The number of aliphatic carboxylic acids is 1. The van der Waals surface area contributed by atoms with Crippen LogP contribution in [-0.4, -0.2) is 66.8 Å². The number of alkyl halides is 3. The number of carbonyl (C=O) groups excluding carboxylic acids is 3. The van der Waals surface area contributed by atoms with E-state index in [4.69, 9.17) is 36.7 Å². The number of benzene rings is 2. The van der Waals surface area contributed by atoms with Crippen LogP contribution < -0.4 is 20.7 Å². The normalized spacial score (nSPS) is 10.5. The summed E-state index contributed by atoms with van der Waals surface area (Å²) >= 11 is 6.29. The maximum absolute atomic E-state index is 13.6. The van der Waals surface area contributed by atoms with Crippen LogP contribution in [0.2, 0.25) is 5.02 Å². The molecule has 0 saturated heterocycles. The first kappa shape index (κ1) is 34.4. The highest BCUT2D eigenvalue weighted by molar-refractivity contribution is 6.31. The number of primary amides is 1. The molecule has 0 aliphatic carbocycles. The van der Waals surface area contributed by atoms with Crippen molar-refractivity contribution < 1.29 is 46.9 Å². The van der Waals surface area contributed by atoms with E-state index in [2.05, 4.69) is 10.3 Å². The zero-order chi connectivity index (χ0) is 32.0. The lowest BCUT2D eigenvalue weighted by Gasteiger charge is -2.25. The molecule has 1 heterocycles. The maximum Gasteiger partial charge on any atom is 0.490 e. The van der Waals surface area contributed by atoms with E-state index in [0.29, 0.717) is 36.0 Å². The summed E-state index contributed by atoms with van der Waals surface area (Å²) in [4.78, 5) is 51.5. The third kappa shape index (κ3) is 11.5. The average molecular weight is 625 g/mol. The van der Waals surface area contributed by atoms with Crippen molar-refractivity contribution in [2.75, 3.05) is 37.0 Å². The van der Waals surface area contributed by atoms with E-state index in [0.717, 1.165) is 5.69 Å². The van der Waals surface area contributed by atoms with Gasteiger partial charge in [0.05, 0.1) is 18.4 Å².